The Labute approximate surface area is 106 Å². The van der Waals surface area contributed by atoms with Crippen LogP contribution in [0.25, 0.3) is 0 Å². The Kier molecular flexibility index (Phi) is 3.99. The molecule has 0 atom stereocenters. The first kappa shape index (κ1) is 16.6. The van der Waals surface area contributed by atoms with Gasteiger partial charge in [-0.3, -0.25) is 0 Å². The average molecular weight is 311 g/mol. The van der Waals surface area contributed by atoms with Crippen molar-refractivity contribution in [3.05, 3.63) is 28.6 Å². The highest BCUT2D eigenvalue weighted by molar-refractivity contribution is 5.37. The van der Waals surface area contributed by atoms with Crippen molar-refractivity contribution >= 4 is 0 Å². The largest absolute Gasteiger partial charge is 0.433 e. The van der Waals surface area contributed by atoms with Crippen molar-refractivity contribution in [1.82, 2.24) is 4.98 Å². The molecule has 0 saturated carbocycles. The highest BCUT2D eigenvalue weighted by Crippen LogP contribution is 2.41. The second kappa shape index (κ2) is 4.81. The maximum Gasteiger partial charge on any atom is 0.433 e. The fourth-order valence-corrected chi connectivity index (χ4v) is 1.56. The van der Waals surface area contributed by atoms with Crippen LogP contribution >= 0.6 is 0 Å². The minimum Gasteiger partial charge on any atom is -0.238 e. The molecule has 20 heavy (non-hydrogen) atoms. The highest BCUT2D eigenvalue weighted by atomic mass is 19.4. The van der Waals surface area contributed by atoms with Crippen LogP contribution in [0.5, 0.6) is 0 Å². The summed E-state index contributed by atoms with van der Waals surface area (Å²) in [6.45, 7) is 0.967. The van der Waals surface area contributed by atoms with E-state index in [4.69, 9.17) is 0 Å². The van der Waals surface area contributed by atoms with Gasteiger partial charge in [0, 0.05) is 0 Å². The fraction of sp³-hybridized carbons (Fsp3) is 0.500. The van der Waals surface area contributed by atoms with Crippen LogP contribution in [0.2, 0.25) is 0 Å². The quantitative estimate of drug-likeness (QED) is 0.685. The summed E-state index contributed by atoms with van der Waals surface area (Å²) in [5.41, 5.74) is -7.68. The zero-order chi connectivity index (χ0) is 15.9. The van der Waals surface area contributed by atoms with E-state index in [1.807, 2.05) is 0 Å². The fourth-order valence-electron chi connectivity index (χ4n) is 1.56. The van der Waals surface area contributed by atoms with Crippen molar-refractivity contribution in [2.24, 2.45) is 0 Å². The number of hydrogen-bond acceptors (Lipinski definition) is 1. The van der Waals surface area contributed by atoms with Crippen LogP contribution in [-0.4, -0.2) is 4.98 Å². The van der Waals surface area contributed by atoms with E-state index in [2.05, 4.69) is 4.98 Å². The molecule has 0 N–H and O–H groups in total. The smallest absolute Gasteiger partial charge is 0.238 e. The molecule has 0 unspecified atom stereocenters. The van der Waals surface area contributed by atoms with E-state index >= 15 is 0 Å². The van der Waals surface area contributed by atoms with E-state index in [9.17, 15) is 39.5 Å². The third-order valence-corrected chi connectivity index (χ3v) is 2.34. The summed E-state index contributed by atoms with van der Waals surface area (Å²) in [5.74, 6) is 0. The Morgan fingerprint density at radius 2 is 1.35 bits per heavy atom. The summed E-state index contributed by atoms with van der Waals surface area (Å²) in [5, 5.41) is 0. The second-order valence-electron chi connectivity index (χ2n) is 3.73. The molecule has 0 aliphatic carbocycles. The average Bonchev–Trinajstić information content (AvgIpc) is 2.23. The maximum absolute atomic E-state index is 12.6. The predicted octanol–water partition coefficient (Wildman–Crippen LogP) is 4.70. The molecule has 0 spiro atoms. The molecule has 0 aromatic carbocycles. The van der Waals surface area contributed by atoms with Gasteiger partial charge in [-0.15, -0.1) is 0 Å². The first-order chi connectivity index (χ1) is 8.78. The Bertz CT molecular complexity index is 460. The zero-order valence-electron chi connectivity index (χ0n) is 9.63. The number of aromatic nitrogens is 1. The van der Waals surface area contributed by atoms with E-state index in [1.54, 1.807) is 0 Å². The summed E-state index contributed by atoms with van der Waals surface area (Å²) >= 11 is 0. The van der Waals surface area contributed by atoms with Crippen molar-refractivity contribution < 1.29 is 39.5 Å². The third kappa shape index (κ3) is 3.34. The van der Waals surface area contributed by atoms with Crippen molar-refractivity contribution in [1.29, 1.82) is 0 Å². The van der Waals surface area contributed by atoms with Crippen LogP contribution in [0.1, 0.15) is 29.4 Å². The van der Waals surface area contributed by atoms with Gasteiger partial charge < -0.3 is 0 Å². The molecule has 0 aliphatic rings. The number of halogens is 9. The van der Waals surface area contributed by atoms with Gasteiger partial charge in [0.1, 0.15) is 11.4 Å². The number of nitrogens with zero attached hydrogens (tertiary/aromatic N) is 1. The van der Waals surface area contributed by atoms with Gasteiger partial charge in [-0.25, -0.2) is 4.98 Å². The lowest BCUT2D eigenvalue weighted by atomic mass is 10.0. The van der Waals surface area contributed by atoms with Gasteiger partial charge in [0.25, 0.3) is 0 Å². The molecule has 0 amide bonds. The van der Waals surface area contributed by atoms with Gasteiger partial charge in [-0.05, 0) is 18.1 Å². The summed E-state index contributed by atoms with van der Waals surface area (Å²) in [7, 11) is 0. The van der Waals surface area contributed by atoms with E-state index in [0.29, 0.717) is 0 Å². The molecule has 114 valence electrons. The van der Waals surface area contributed by atoms with Crippen LogP contribution in [0.3, 0.4) is 0 Å². The lowest BCUT2D eigenvalue weighted by Crippen LogP contribution is -2.22. The van der Waals surface area contributed by atoms with Gasteiger partial charge >= 0.3 is 18.5 Å². The van der Waals surface area contributed by atoms with E-state index in [1.165, 1.54) is 0 Å². The van der Waals surface area contributed by atoms with Crippen LogP contribution < -0.4 is 0 Å². The Balaban J connectivity index is 3.75. The molecule has 0 aliphatic heterocycles. The monoisotopic (exact) mass is 311 g/mol. The Morgan fingerprint density at radius 3 is 1.65 bits per heavy atom. The van der Waals surface area contributed by atoms with Gasteiger partial charge in [0.05, 0.1) is 5.56 Å². The van der Waals surface area contributed by atoms with E-state index in [-0.39, 0.29) is 0 Å². The van der Waals surface area contributed by atoms with Crippen LogP contribution in [0.4, 0.5) is 39.5 Å². The van der Waals surface area contributed by atoms with Gasteiger partial charge in [-0.1, -0.05) is 6.92 Å². The molecular weight excluding hydrogens is 305 g/mol. The molecule has 1 heterocycles. The maximum atomic E-state index is 12.6. The minimum absolute atomic E-state index is 0.409. The standard InChI is InChI=1S/C10H6F9N/c1-2-4-5(8(11,12)13)3-6(9(14,15)16)20-7(4)10(17,18)19/h3H,2H2,1H3. The third-order valence-electron chi connectivity index (χ3n) is 2.34. The first-order valence-corrected chi connectivity index (χ1v) is 5.04. The summed E-state index contributed by atoms with van der Waals surface area (Å²) < 4.78 is 113. The topological polar surface area (TPSA) is 12.9 Å². The Hall–Kier alpha value is -1.48. The normalized spacial score (nSPS) is 13.7. The summed E-state index contributed by atoms with van der Waals surface area (Å²) in [6.07, 6.45) is -16.9. The number of alkyl halides is 9. The molecule has 1 aromatic rings. The molecule has 1 rings (SSSR count). The van der Waals surface area contributed by atoms with Crippen molar-refractivity contribution in [3.8, 4) is 0 Å². The molecule has 0 radical (unpaired) electrons. The van der Waals surface area contributed by atoms with Crippen LogP contribution in [0, 0.1) is 0 Å². The minimum atomic E-state index is -5.41. The van der Waals surface area contributed by atoms with Crippen molar-refractivity contribution in [2.75, 3.05) is 0 Å². The lowest BCUT2D eigenvalue weighted by molar-refractivity contribution is -0.155. The number of rotatable bonds is 1. The summed E-state index contributed by atoms with van der Waals surface area (Å²) in [4.78, 5) is 2.31. The van der Waals surface area contributed by atoms with Crippen LogP contribution in [-0.2, 0) is 24.9 Å². The van der Waals surface area contributed by atoms with Crippen LogP contribution in [0.15, 0.2) is 6.07 Å². The highest BCUT2D eigenvalue weighted by Gasteiger charge is 2.45. The van der Waals surface area contributed by atoms with Gasteiger partial charge in [0.2, 0.25) is 0 Å². The van der Waals surface area contributed by atoms with Crippen molar-refractivity contribution in [3.63, 3.8) is 0 Å². The molecule has 10 heteroatoms. The van der Waals surface area contributed by atoms with Gasteiger partial charge in [0.15, 0.2) is 0 Å². The molecule has 0 fully saturated rings. The van der Waals surface area contributed by atoms with E-state index in [0.717, 1.165) is 6.92 Å². The lowest BCUT2D eigenvalue weighted by Gasteiger charge is -2.19. The molecule has 1 nitrogen and oxygen atoms in total. The number of hydrogen-bond donors (Lipinski definition) is 0. The molecule has 1 aromatic heterocycles. The van der Waals surface area contributed by atoms with Gasteiger partial charge in [-0.2, -0.15) is 39.5 Å². The zero-order valence-corrected chi connectivity index (χ0v) is 9.63. The first-order valence-electron chi connectivity index (χ1n) is 5.04. The molecule has 0 saturated heterocycles. The van der Waals surface area contributed by atoms with Crippen molar-refractivity contribution in [2.45, 2.75) is 31.9 Å². The number of pyridine rings is 1. The van der Waals surface area contributed by atoms with E-state index < -0.39 is 53.5 Å². The molecule has 0 bridgehead atoms. The molecular formula is C10H6F9N. The second-order valence-corrected chi connectivity index (χ2v) is 3.73. The Morgan fingerprint density at radius 1 is 0.850 bits per heavy atom. The SMILES string of the molecule is CCc1c(C(F)(F)F)cc(C(F)(F)F)nc1C(F)(F)F. The summed E-state index contributed by atoms with van der Waals surface area (Å²) in [6, 6.07) is -0.409. The predicted molar refractivity (Wildman–Crippen MR) is 48.6 cm³/mol.